The molecule has 3 aromatic rings. The summed E-state index contributed by atoms with van der Waals surface area (Å²) in [7, 11) is -5.16. The van der Waals surface area contributed by atoms with E-state index in [-0.39, 0.29) is 28.2 Å². The summed E-state index contributed by atoms with van der Waals surface area (Å²) >= 11 is 0. The molecule has 0 saturated carbocycles. The number of aryl methyl sites for hydroxylation is 1. The predicted octanol–water partition coefficient (Wildman–Crippen LogP) is 4.65. The molecule has 0 aliphatic heterocycles. The molecule has 3 rings (SSSR count). The van der Waals surface area contributed by atoms with Crippen molar-refractivity contribution in [2.75, 3.05) is 0 Å². The van der Waals surface area contributed by atoms with Crippen LogP contribution in [0.25, 0.3) is 11.1 Å². The van der Waals surface area contributed by atoms with Crippen molar-refractivity contribution in [2.45, 2.75) is 13.5 Å². The van der Waals surface area contributed by atoms with Gasteiger partial charge in [-0.15, -0.1) is 0 Å². The Labute approximate surface area is 164 Å². The van der Waals surface area contributed by atoms with Crippen LogP contribution in [0.4, 0.5) is 17.1 Å². The number of hydrogen-bond acceptors (Lipinski definition) is 5. The molecule has 2 aromatic carbocycles. The maximum atomic E-state index is 14.4. The van der Waals surface area contributed by atoms with Crippen LogP contribution in [-0.2, 0) is 17.1 Å². The summed E-state index contributed by atoms with van der Waals surface area (Å²) in [6.45, 7) is 1.13. The highest BCUT2D eigenvalue weighted by Crippen LogP contribution is 2.28. The third-order valence-corrected chi connectivity index (χ3v) is 4.24. The molecular weight excluding hydrogens is 414 g/mol. The summed E-state index contributed by atoms with van der Waals surface area (Å²) in [4.78, 5) is 3.77. The normalized spacial score (nSPS) is 11.3. The molecular formula is C19H13F4NO4S. The van der Waals surface area contributed by atoms with Gasteiger partial charge < -0.3 is 8.92 Å². The molecule has 0 unspecified atom stereocenters. The van der Waals surface area contributed by atoms with Crippen LogP contribution in [0.5, 0.6) is 11.5 Å². The topological polar surface area (TPSA) is 65.5 Å². The summed E-state index contributed by atoms with van der Waals surface area (Å²) in [5.41, 5.74) is 0.135. The number of hydrogen-bond donors (Lipinski definition) is 0. The Morgan fingerprint density at radius 1 is 0.931 bits per heavy atom. The molecule has 10 heteroatoms. The molecule has 0 atom stereocenters. The quantitative estimate of drug-likeness (QED) is 0.423. The van der Waals surface area contributed by atoms with Crippen LogP contribution in [0.15, 0.2) is 48.7 Å². The van der Waals surface area contributed by atoms with Gasteiger partial charge in [0.2, 0.25) is 0 Å². The van der Waals surface area contributed by atoms with E-state index in [1.165, 1.54) is 18.2 Å². The van der Waals surface area contributed by atoms with Gasteiger partial charge in [-0.25, -0.2) is 13.2 Å². The fourth-order valence-corrected chi connectivity index (χ4v) is 2.86. The number of pyridine rings is 1. The van der Waals surface area contributed by atoms with Crippen molar-refractivity contribution in [2.24, 2.45) is 0 Å². The lowest BCUT2D eigenvalue weighted by Gasteiger charge is -2.11. The molecule has 0 bridgehead atoms. The number of ether oxygens (including phenoxy) is 1. The zero-order valence-electron chi connectivity index (χ0n) is 14.8. The van der Waals surface area contributed by atoms with E-state index >= 15 is 0 Å². The largest absolute Gasteiger partial charge is 0.489 e. The monoisotopic (exact) mass is 427 g/mol. The highest BCUT2D eigenvalue weighted by molar-refractivity contribution is 7.81. The molecule has 0 radical (unpaired) electrons. The Bertz CT molecular complexity index is 1130. The first-order valence-electron chi connectivity index (χ1n) is 8.10. The first-order chi connectivity index (χ1) is 13.6. The number of aromatic nitrogens is 1. The molecule has 5 nitrogen and oxygen atoms in total. The molecule has 0 fully saturated rings. The molecule has 0 spiro atoms. The van der Waals surface area contributed by atoms with E-state index in [0.717, 1.165) is 30.5 Å². The lowest BCUT2D eigenvalue weighted by molar-refractivity contribution is 0.292. The van der Waals surface area contributed by atoms with Gasteiger partial charge in [-0.1, -0.05) is 3.89 Å². The SMILES string of the molecule is Cc1cc(-c2cc(F)c(COc3ccc(OS(=O)(=O)F)cc3)c(F)c2)c(F)cn1. The van der Waals surface area contributed by atoms with Crippen molar-refractivity contribution in [3.05, 3.63) is 77.4 Å². The van der Waals surface area contributed by atoms with Crippen LogP contribution in [0.1, 0.15) is 11.3 Å². The first kappa shape index (κ1) is 20.6. The van der Waals surface area contributed by atoms with Crippen molar-refractivity contribution in [3.8, 4) is 22.6 Å². The van der Waals surface area contributed by atoms with Crippen molar-refractivity contribution >= 4 is 10.5 Å². The third kappa shape index (κ3) is 5.23. The fourth-order valence-electron chi connectivity index (χ4n) is 2.52. The molecule has 0 N–H and O–H groups in total. The van der Waals surface area contributed by atoms with Crippen LogP contribution in [0.3, 0.4) is 0 Å². The number of rotatable bonds is 6. The van der Waals surface area contributed by atoms with Gasteiger partial charge in [0.15, 0.2) is 0 Å². The molecule has 0 amide bonds. The van der Waals surface area contributed by atoms with Crippen molar-refractivity contribution in [1.82, 2.24) is 4.98 Å². The summed E-state index contributed by atoms with van der Waals surface area (Å²) in [6, 6.07) is 8.04. The van der Waals surface area contributed by atoms with Gasteiger partial charge in [0, 0.05) is 11.3 Å². The van der Waals surface area contributed by atoms with Crippen LogP contribution in [0.2, 0.25) is 0 Å². The summed E-state index contributed by atoms with van der Waals surface area (Å²) < 4.78 is 85.3. The molecule has 0 saturated heterocycles. The standard InChI is InChI=1S/C19H13F4NO4S/c1-11-6-15(19(22)9-24-11)12-7-17(20)16(18(21)8-12)10-27-13-2-4-14(5-3-13)28-29(23,25)26/h2-9H,10H2,1H3. The second-order valence-electron chi connectivity index (χ2n) is 5.96. The predicted molar refractivity (Wildman–Crippen MR) is 95.7 cm³/mol. The van der Waals surface area contributed by atoms with E-state index in [9.17, 15) is 25.5 Å². The maximum Gasteiger partial charge on any atom is 0.488 e. The third-order valence-electron chi connectivity index (χ3n) is 3.85. The lowest BCUT2D eigenvalue weighted by atomic mass is 10.0. The van der Waals surface area contributed by atoms with Crippen LogP contribution >= 0.6 is 0 Å². The van der Waals surface area contributed by atoms with Gasteiger partial charge in [0.1, 0.15) is 35.6 Å². The summed E-state index contributed by atoms with van der Waals surface area (Å²) in [6.07, 6.45) is 0.971. The molecule has 1 aromatic heterocycles. The van der Waals surface area contributed by atoms with E-state index in [2.05, 4.69) is 9.17 Å². The van der Waals surface area contributed by atoms with Gasteiger partial charge in [-0.2, -0.15) is 8.42 Å². The Morgan fingerprint density at radius 3 is 2.10 bits per heavy atom. The highest BCUT2D eigenvalue weighted by Gasteiger charge is 2.16. The number of halogens is 4. The Kier molecular flexibility index (Phi) is 5.73. The minimum atomic E-state index is -5.16. The zero-order valence-corrected chi connectivity index (χ0v) is 15.6. The Morgan fingerprint density at radius 2 is 1.52 bits per heavy atom. The second-order valence-corrected chi connectivity index (χ2v) is 6.91. The Balaban J connectivity index is 1.77. The smallest absolute Gasteiger partial charge is 0.488 e. The van der Waals surface area contributed by atoms with Crippen molar-refractivity contribution in [3.63, 3.8) is 0 Å². The zero-order chi connectivity index (χ0) is 21.2. The van der Waals surface area contributed by atoms with E-state index < -0.39 is 34.6 Å². The highest BCUT2D eigenvalue weighted by atomic mass is 32.3. The van der Waals surface area contributed by atoms with Crippen LogP contribution < -0.4 is 8.92 Å². The lowest BCUT2D eigenvalue weighted by Crippen LogP contribution is -2.04. The average Bonchev–Trinajstić information content (AvgIpc) is 2.63. The van der Waals surface area contributed by atoms with E-state index in [0.29, 0.717) is 5.69 Å². The van der Waals surface area contributed by atoms with E-state index in [1.54, 1.807) is 6.92 Å². The van der Waals surface area contributed by atoms with Gasteiger partial charge in [0.25, 0.3) is 0 Å². The maximum absolute atomic E-state index is 14.4. The van der Waals surface area contributed by atoms with Crippen LogP contribution in [0, 0.1) is 24.4 Å². The second kappa shape index (κ2) is 8.08. The van der Waals surface area contributed by atoms with Gasteiger partial charge in [-0.3, -0.25) is 4.98 Å². The van der Waals surface area contributed by atoms with Crippen molar-refractivity contribution in [1.29, 1.82) is 0 Å². The molecule has 0 aliphatic carbocycles. The summed E-state index contributed by atoms with van der Waals surface area (Å²) in [5.74, 6) is -2.74. The molecule has 1 heterocycles. The van der Waals surface area contributed by atoms with Crippen molar-refractivity contribution < 1.29 is 34.4 Å². The van der Waals surface area contributed by atoms with E-state index in [1.807, 2.05) is 0 Å². The molecule has 152 valence electrons. The Hall–Kier alpha value is -3.14. The van der Waals surface area contributed by atoms with Crippen LogP contribution in [-0.4, -0.2) is 13.4 Å². The van der Waals surface area contributed by atoms with E-state index in [4.69, 9.17) is 4.74 Å². The summed E-state index contributed by atoms with van der Waals surface area (Å²) in [5, 5.41) is 0. The number of benzene rings is 2. The molecule has 29 heavy (non-hydrogen) atoms. The van der Waals surface area contributed by atoms with Gasteiger partial charge >= 0.3 is 10.5 Å². The van der Waals surface area contributed by atoms with Gasteiger partial charge in [0.05, 0.1) is 11.8 Å². The minimum Gasteiger partial charge on any atom is -0.489 e. The first-order valence-corrected chi connectivity index (χ1v) is 9.40. The average molecular weight is 427 g/mol. The van der Waals surface area contributed by atoms with Gasteiger partial charge in [-0.05, 0) is 55.0 Å². The minimum absolute atomic E-state index is 0.0145. The molecule has 0 aliphatic rings. The number of nitrogens with zero attached hydrogens (tertiary/aromatic N) is 1. The fraction of sp³-hybridized carbons (Fsp3) is 0.105.